The molecule has 29 heavy (non-hydrogen) atoms. The van der Waals surface area contributed by atoms with Crippen LogP contribution in [0.25, 0.3) is 22.2 Å². The standard InChI is InChI=1S/C21H23N5O3/c1-13-22-12-19(29-13)14-2-3-18-15(8-14)11-20(25-24-18)23-21(27)16-9-17(10-16)26-4-6-28-7-5-26/h2-3,8,11-12,16-17H,4-7,9-10H2,1H3,(H,23,25,27)/t16-,17-. The number of fused-ring (bicyclic) bond motifs is 1. The van der Waals surface area contributed by atoms with Gasteiger partial charge < -0.3 is 14.5 Å². The highest BCUT2D eigenvalue weighted by Crippen LogP contribution is 2.33. The Kier molecular flexibility index (Phi) is 4.73. The second-order valence-corrected chi connectivity index (χ2v) is 7.71. The molecule has 2 aromatic heterocycles. The minimum atomic E-state index is 0.0187. The fourth-order valence-electron chi connectivity index (χ4n) is 4.03. The van der Waals surface area contributed by atoms with Crippen LogP contribution in [0.5, 0.6) is 0 Å². The lowest BCUT2D eigenvalue weighted by Gasteiger charge is -2.43. The summed E-state index contributed by atoms with van der Waals surface area (Å²) in [4.78, 5) is 19.2. The van der Waals surface area contributed by atoms with Crippen LogP contribution in [-0.4, -0.2) is 58.3 Å². The molecule has 0 spiro atoms. The third-order valence-electron chi connectivity index (χ3n) is 5.79. The quantitative estimate of drug-likeness (QED) is 0.728. The monoisotopic (exact) mass is 393 g/mol. The minimum Gasteiger partial charge on any atom is -0.441 e. The largest absolute Gasteiger partial charge is 0.441 e. The first-order chi connectivity index (χ1) is 14.2. The lowest BCUT2D eigenvalue weighted by molar-refractivity contribution is -0.125. The van der Waals surface area contributed by atoms with Gasteiger partial charge in [-0.2, -0.15) is 0 Å². The van der Waals surface area contributed by atoms with Gasteiger partial charge in [0.2, 0.25) is 5.91 Å². The van der Waals surface area contributed by atoms with Crippen molar-refractivity contribution in [2.24, 2.45) is 5.92 Å². The fourth-order valence-corrected chi connectivity index (χ4v) is 4.03. The van der Waals surface area contributed by atoms with Crippen molar-refractivity contribution in [3.63, 3.8) is 0 Å². The molecule has 8 heteroatoms. The first kappa shape index (κ1) is 18.2. The van der Waals surface area contributed by atoms with Crippen molar-refractivity contribution in [2.75, 3.05) is 31.6 Å². The number of carbonyl (C=O) groups excluding carboxylic acids is 1. The van der Waals surface area contributed by atoms with E-state index >= 15 is 0 Å². The van der Waals surface area contributed by atoms with Gasteiger partial charge in [0.1, 0.15) is 0 Å². The zero-order valence-corrected chi connectivity index (χ0v) is 16.3. The number of benzene rings is 1. The summed E-state index contributed by atoms with van der Waals surface area (Å²) >= 11 is 0. The van der Waals surface area contributed by atoms with Gasteiger partial charge in [0.25, 0.3) is 0 Å². The fraction of sp³-hybridized carbons (Fsp3) is 0.429. The van der Waals surface area contributed by atoms with E-state index in [9.17, 15) is 4.79 Å². The number of ether oxygens (including phenoxy) is 1. The molecule has 3 heterocycles. The van der Waals surface area contributed by atoms with Gasteiger partial charge in [0, 0.05) is 42.9 Å². The van der Waals surface area contributed by atoms with E-state index in [0.29, 0.717) is 23.5 Å². The number of hydrogen-bond acceptors (Lipinski definition) is 7. The van der Waals surface area contributed by atoms with E-state index in [1.165, 1.54) is 0 Å². The van der Waals surface area contributed by atoms with Crippen LogP contribution in [0.15, 0.2) is 34.9 Å². The molecule has 1 saturated heterocycles. The van der Waals surface area contributed by atoms with Gasteiger partial charge in [0.15, 0.2) is 17.5 Å². The van der Waals surface area contributed by atoms with Gasteiger partial charge in [-0.25, -0.2) is 4.98 Å². The summed E-state index contributed by atoms with van der Waals surface area (Å²) in [6.07, 6.45) is 3.49. The van der Waals surface area contributed by atoms with E-state index < -0.39 is 0 Å². The predicted molar refractivity (Wildman–Crippen MR) is 107 cm³/mol. The summed E-state index contributed by atoms with van der Waals surface area (Å²) in [5, 5.41) is 12.2. The number of oxazole rings is 1. The molecule has 3 aromatic rings. The van der Waals surface area contributed by atoms with Crippen LogP contribution < -0.4 is 5.32 Å². The topological polar surface area (TPSA) is 93.4 Å². The Labute approximate surface area is 168 Å². The number of aromatic nitrogens is 3. The summed E-state index contributed by atoms with van der Waals surface area (Å²) < 4.78 is 11.0. The van der Waals surface area contributed by atoms with Crippen molar-refractivity contribution in [2.45, 2.75) is 25.8 Å². The van der Waals surface area contributed by atoms with Crippen LogP contribution in [0.1, 0.15) is 18.7 Å². The number of rotatable bonds is 4. The van der Waals surface area contributed by atoms with E-state index in [1.54, 1.807) is 6.20 Å². The van der Waals surface area contributed by atoms with E-state index in [-0.39, 0.29) is 11.8 Å². The molecule has 150 valence electrons. The van der Waals surface area contributed by atoms with E-state index in [1.807, 2.05) is 31.2 Å². The molecule has 0 atom stereocenters. The molecule has 0 unspecified atom stereocenters. The second kappa shape index (κ2) is 7.53. The number of amides is 1. The molecular weight excluding hydrogens is 370 g/mol. The molecule has 1 N–H and O–H groups in total. The van der Waals surface area contributed by atoms with Crippen molar-refractivity contribution >= 4 is 22.6 Å². The maximum absolute atomic E-state index is 12.6. The molecule has 1 aliphatic heterocycles. The molecule has 8 nitrogen and oxygen atoms in total. The van der Waals surface area contributed by atoms with Crippen molar-refractivity contribution in [1.29, 1.82) is 0 Å². The Bertz CT molecular complexity index is 1040. The lowest BCUT2D eigenvalue weighted by Crippen LogP contribution is -2.52. The normalized spacial score (nSPS) is 22.4. The van der Waals surface area contributed by atoms with Gasteiger partial charge in [-0.1, -0.05) is 0 Å². The number of hydrogen-bond donors (Lipinski definition) is 1. The van der Waals surface area contributed by atoms with Crippen molar-refractivity contribution in [3.05, 3.63) is 36.4 Å². The zero-order chi connectivity index (χ0) is 19.8. The maximum atomic E-state index is 12.6. The first-order valence-corrected chi connectivity index (χ1v) is 9.99. The average Bonchev–Trinajstić information content (AvgIpc) is 3.13. The number of anilines is 1. The van der Waals surface area contributed by atoms with Gasteiger partial charge in [-0.05, 0) is 37.1 Å². The number of nitrogens with one attached hydrogen (secondary N) is 1. The Balaban J connectivity index is 1.26. The minimum absolute atomic E-state index is 0.0187. The third kappa shape index (κ3) is 3.73. The Morgan fingerprint density at radius 1 is 1.17 bits per heavy atom. The van der Waals surface area contributed by atoms with E-state index in [4.69, 9.17) is 9.15 Å². The SMILES string of the molecule is Cc1ncc(-c2ccc3nnc(NC(=O)[C@H]4C[C@H](N5CCOCC5)C4)cc3c2)o1. The van der Waals surface area contributed by atoms with Crippen molar-refractivity contribution in [1.82, 2.24) is 20.1 Å². The molecule has 5 rings (SSSR count). The highest BCUT2D eigenvalue weighted by atomic mass is 16.5. The summed E-state index contributed by atoms with van der Waals surface area (Å²) in [6, 6.07) is 8.13. The van der Waals surface area contributed by atoms with Crippen LogP contribution in [0.4, 0.5) is 5.82 Å². The zero-order valence-electron chi connectivity index (χ0n) is 16.3. The molecule has 1 amide bonds. The maximum Gasteiger partial charge on any atom is 0.228 e. The molecule has 1 aromatic carbocycles. The van der Waals surface area contributed by atoms with Crippen molar-refractivity contribution in [3.8, 4) is 11.3 Å². The molecule has 0 radical (unpaired) electrons. The van der Waals surface area contributed by atoms with Crippen LogP contribution >= 0.6 is 0 Å². The summed E-state index contributed by atoms with van der Waals surface area (Å²) in [6.45, 7) is 5.31. The number of nitrogens with zero attached hydrogens (tertiary/aromatic N) is 4. The summed E-state index contributed by atoms with van der Waals surface area (Å²) in [7, 11) is 0. The average molecular weight is 393 g/mol. The van der Waals surface area contributed by atoms with Gasteiger partial charge in [-0.3, -0.25) is 9.69 Å². The van der Waals surface area contributed by atoms with Gasteiger partial charge >= 0.3 is 0 Å². The van der Waals surface area contributed by atoms with Gasteiger partial charge in [-0.15, -0.1) is 10.2 Å². The van der Waals surface area contributed by atoms with Crippen LogP contribution in [0.3, 0.4) is 0 Å². The Hall–Kier alpha value is -2.84. The Morgan fingerprint density at radius 3 is 2.76 bits per heavy atom. The van der Waals surface area contributed by atoms with E-state index in [0.717, 1.165) is 55.6 Å². The lowest BCUT2D eigenvalue weighted by atomic mass is 9.78. The van der Waals surface area contributed by atoms with Crippen LogP contribution in [0.2, 0.25) is 0 Å². The molecule has 2 fully saturated rings. The number of aryl methyl sites for hydroxylation is 1. The highest BCUT2D eigenvalue weighted by Gasteiger charge is 2.38. The van der Waals surface area contributed by atoms with E-state index in [2.05, 4.69) is 25.4 Å². The van der Waals surface area contributed by atoms with Crippen LogP contribution in [-0.2, 0) is 9.53 Å². The van der Waals surface area contributed by atoms with Crippen LogP contribution in [0, 0.1) is 12.8 Å². The smallest absolute Gasteiger partial charge is 0.228 e. The first-order valence-electron chi connectivity index (χ1n) is 9.99. The number of morpholine rings is 1. The summed E-state index contributed by atoms with van der Waals surface area (Å²) in [5.41, 5.74) is 1.68. The van der Waals surface area contributed by atoms with Crippen molar-refractivity contribution < 1.29 is 13.9 Å². The third-order valence-corrected chi connectivity index (χ3v) is 5.79. The summed E-state index contributed by atoms with van der Waals surface area (Å²) in [5.74, 6) is 1.85. The molecule has 1 saturated carbocycles. The molecule has 0 bridgehead atoms. The van der Waals surface area contributed by atoms with Gasteiger partial charge in [0.05, 0.1) is 24.9 Å². The predicted octanol–water partition coefficient (Wildman–Crippen LogP) is 2.64. The molecular formula is C21H23N5O3. The number of carbonyl (C=O) groups is 1. The molecule has 1 aliphatic carbocycles. The second-order valence-electron chi connectivity index (χ2n) is 7.71. The highest BCUT2D eigenvalue weighted by molar-refractivity contribution is 5.94. The Morgan fingerprint density at radius 2 is 2.00 bits per heavy atom. The molecule has 2 aliphatic rings.